The fourth-order valence-electron chi connectivity index (χ4n) is 3.58. The number of ether oxygens (including phenoxy) is 1. The number of anilines is 1. The van der Waals surface area contributed by atoms with Crippen LogP contribution in [0.4, 0.5) is 10.1 Å². The van der Waals surface area contributed by atoms with E-state index in [2.05, 4.69) is 9.36 Å². The monoisotopic (exact) mass is 436 g/mol. The van der Waals surface area contributed by atoms with Gasteiger partial charge < -0.3 is 9.64 Å². The molecule has 1 aliphatic rings. The Balaban J connectivity index is 1.46. The van der Waals surface area contributed by atoms with Crippen molar-refractivity contribution in [2.24, 2.45) is 0 Å². The fraction of sp³-hybridized carbons (Fsp3) is 0.182. The van der Waals surface area contributed by atoms with Gasteiger partial charge in [0.25, 0.3) is 5.56 Å². The van der Waals surface area contributed by atoms with E-state index in [-0.39, 0.29) is 23.8 Å². The van der Waals surface area contributed by atoms with E-state index in [9.17, 15) is 14.0 Å². The van der Waals surface area contributed by atoms with Crippen molar-refractivity contribution in [3.8, 4) is 17.0 Å². The van der Waals surface area contributed by atoms with Gasteiger partial charge in [-0.2, -0.15) is 4.37 Å². The molecule has 0 saturated carbocycles. The molecule has 156 valence electrons. The summed E-state index contributed by atoms with van der Waals surface area (Å²) in [5.74, 6) is 0.0798. The molecular weight excluding hydrogens is 419 g/mol. The zero-order chi connectivity index (χ0) is 21.5. The van der Waals surface area contributed by atoms with Gasteiger partial charge in [0.15, 0.2) is 0 Å². The van der Waals surface area contributed by atoms with Crippen molar-refractivity contribution in [3.63, 3.8) is 0 Å². The van der Waals surface area contributed by atoms with Gasteiger partial charge in [0.2, 0.25) is 5.91 Å². The molecule has 5 rings (SSSR count). The number of halogens is 1. The molecule has 0 spiro atoms. The van der Waals surface area contributed by atoms with Crippen LogP contribution < -0.4 is 15.2 Å². The van der Waals surface area contributed by atoms with E-state index in [4.69, 9.17) is 4.74 Å². The average molecular weight is 436 g/mol. The van der Waals surface area contributed by atoms with Crippen LogP contribution in [0.25, 0.3) is 21.5 Å². The molecule has 7 nitrogen and oxygen atoms in total. The summed E-state index contributed by atoms with van der Waals surface area (Å²) in [5, 5.41) is 0. The molecule has 0 N–H and O–H groups in total. The highest BCUT2D eigenvalue weighted by atomic mass is 32.1. The third-order valence-electron chi connectivity index (χ3n) is 5.15. The molecule has 4 aromatic rings. The first kappa shape index (κ1) is 19.4. The number of benzene rings is 2. The van der Waals surface area contributed by atoms with E-state index in [0.717, 1.165) is 17.1 Å². The number of aromatic nitrogens is 3. The maximum absolute atomic E-state index is 13.2. The van der Waals surface area contributed by atoms with Gasteiger partial charge in [0, 0.05) is 5.56 Å². The quantitative estimate of drug-likeness (QED) is 0.492. The molecule has 0 aliphatic carbocycles. The maximum atomic E-state index is 13.2. The Bertz CT molecular complexity index is 1360. The number of fused-ring (bicyclic) bond motifs is 2. The van der Waals surface area contributed by atoms with Crippen LogP contribution in [0.1, 0.15) is 5.56 Å². The fourth-order valence-corrected chi connectivity index (χ4v) is 4.39. The van der Waals surface area contributed by atoms with Crippen molar-refractivity contribution in [3.05, 3.63) is 70.5 Å². The molecule has 1 aliphatic heterocycles. The number of rotatable bonds is 3. The van der Waals surface area contributed by atoms with Gasteiger partial charge in [0.1, 0.15) is 40.6 Å². The predicted octanol–water partition coefficient (Wildman–Crippen LogP) is 3.39. The summed E-state index contributed by atoms with van der Waals surface area (Å²) in [7, 11) is 0. The molecular formula is C22H17FN4O3S. The minimum absolute atomic E-state index is 0.140. The topological polar surface area (TPSA) is 77.3 Å². The molecule has 0 saturated heterocycles. The Morgan fingerprint density at radius 1 is 1.23 bits per heavy atom. The summed E-state index contributed by atoms with van der Waals surface area (Å²) < 4.78 is 24.8. The van der Waals surface area contributed by atoms with Crippen molar-refractivity contribution in [2.75, 3.05) is 18.1 Å². The van der Waals surface area contributed by atoms with Crippen molar-refractivity contribution in [1.82, 2.24) is 13.9 Å². The predicted molar refractivity (Wildman–Crippen MR) is 116 cm³/mol. The summed E-state index contributed by atoms with van der Waals surface area (Å²) in [6.45, 7) is 2.61. The lowest BCUT2D eigenvalue weighted by Crippen LogP contribution is -2.41. The van der Waals surface area contributed by atoms with Crippen molar-refractivity contribution < 1.29 is 13.9 Å². The van der Waals surface area contributed by atoms with Crippen LogP contribution in [0.3, 0.4) is 0 Å². The van der Waals surface area contributed by atoms with E-state index >= 15 is 0 Å². The number of hydrogen-bond donors (Lipinski definition) is 0. The third-order valence-corrected chi connectivity index (χ3v) is 5.98. The first-order valence-corrected chi connectivity index (χ1v) is 10.4. The summed E-state index contributed by atoms with van der Waals surface area (Å²) in [6.07, 6.45) is 1.36. The lowest BCUT2D eigenvalue weighted by atomic mass is 10.1. The molecule has 3 heterocycles. The van der Waals surface area contributed by atoms with Crippen LogP contribution >= 0.6 is 11.5 Å². The molecule has 0 unspecified atom stereocenters. The smallest absolute Gasteiger partial charge is 0.273 e. The van der Waals surface area contributed by atoms with Crippen LogP contribution in [0.15, 0.2) is 53.6 Å². The number of nitrogens with zero attached hydrogens (tertiary/aromatic N) is 4. The van der Waals surface area contributed by atoms with E-state index in [1.807, 2.05) is 25.1 Å². The van der Waals surface area contributed by atoms with Gasteiger partial charge >= 0.3 is 0 Å². The lowest BCUT2D eigenvalue weighted by Gasteiger charge is -2.30. The Labute approximate surface area is 180 Å². The SMILES string of the molecule is Cc1ccc2c(c1)N(C(=O)Cn1cnc3c(-c4ccc(F)cc4)nsc3c1=O)CCO2. The van der Waals surface area contributed by atoms with Gasteiger partial charge in [-0.25, -0.2) is 9.37 Å². The minimum Gasteiger partial charge on any atom is -0.490 e. The van der Waals surface area contributed by atoms with Crippen LogP contribution in [0, 0.1) is 12.7 Å². The minimum atomic E-state index is -0.350. The van der Waals surface area contributed by atoms with Gasteiger partial charge in [-0.15, -0.1) is 0 Å². The zero-order valence-corrected chi connectivity index (χ0v) is 17.4. The Morgan fingerprint density at radius 3 is 2.84 bits per heavy atom. The largest absolute Gasteiger partial charge is 0.490 e. The second kappa shape index (κ2) is 7.59. The standard InChI is InChI=1S/C22H17FN4O3S/c1-13-2-7-17-16(10-13)27(8-9-30-17)18(28)11-26-12-24-20-19(25-31-21(20)22(26)29)14-3-5-15(23)6-4-14/h2-7,10,12H,8-9,11H2,1H3. The summed E-state index contributed by atoms with van der Waals surface area (Å²) >= 11 is 1.02. The first-order chi connectivity index (χ1) is 15.0. The van der Waals surface area contributed by atoms with E-state index in [1.54, 1.807) is 17.0 Å². The Hall–Kier alpha value is -3.59. The normalized spacial score (nSPS) is 13.2. The molecule has 2 aromatic carbocycles. The van der Waals surface area contributed by atoms with Crippen LogP contribution in [0.5, 0.6) is 5.75 Å². The third kappa shape index (κ3) is 3.46. The van der Waals surface area contributed by atoms with E-state index in [0.29, 0.717) is 46.1 Å². The number of carbonyl (C=O) groups is 1. The van der Waals surface area contributed by atoms with Crippen LogP contribution in [-0.4, -0.2) is 33.0 Å². The second-order valence-corrected chi connectivity index (χ2v) is 8.03. The van der Waals surface area contributed by atoms with Crippen LogP contribution in [0.2, 0.25) is 0 Å². The molecule has 0 radical (unpaired) electrons. The first-order valence-electron chi connectivity index (χ1n) is 9.66. The molecule has 2 aromatic heterocycles. The molecule has 31 heavy (non-hydrogen) atoms. The summed E-state index contributed by atoms with van der Waals surface area (Å²) in [4.78, 5) is 32.0. The molecule has 0 fully saturated rings. The molecule has 0 bridgehead atoms. The number of amides is 1. The van der Waals surface area contributed by atoms with Crippen molar-refractivity contribution in [1.29, 1.82) is 0 Å². The average Bonchev–Trinajstić information content (AvgIpc) is 3.20. The molecule has 1 amide bonds. The number of carbonyl (C=O) groups excluding carboxylic acids is 1. The zero-order valence-electron chi connectivity index (χ0n) is 16.5. The Morgan fingerprint density at radius 2 is 2.03 bits per heavy atom. The molecule has 0 atom stereocenters. The van der Waals surface area contributed by atoms with E-state index in [1.165, 1.54) is 23.0 Å². The highest BCUT2D eigenvalue weighted by molar-refractivity contribution is 7.13. The summed E-state index contributed by atoms with van der Waals surface area (Å²) in [6, 6.07) is 11.5. The van der Waals surface area contributed by atoms with Gasteiger partial charge in [-0.05, 0) is 60.4 Å². The Kier molecular flexibility index (Phi) is 4.74. The lowest BCUT2D eigenvalue weighted by molar-refractivity contribution is -0.119. The van der Waals surface area contributed by atoms with Gasteiger partial charge in [-0.1, -0.05) is 6.07 Å². The van der Waals surface area contributed by atoms with Crippen molar-refractivity contribution >= 4 is 33.3 Å². The number of hydrogen-bond acceptors (Lipinski definition) is 6. The van der Waals surface area contributed by atoms with Crippen molar-refractivity contribution in [2.45, 2.75) is 13.5 Å². The van der Waals surface area contributed by atoms with Gasteiger partial charge in [-0.3, -0.25) is 14.2 Å². The highest BCUT2D eigenvalue weighted by Crippen LogP contribution is 2.32. The number of aryl methyl sites for hydroxylation is 1. The second-order valence-electron chi connectivity index (χ2n) is 7.26. The maximum Gasteiger partial charge on any atom is 0.273 e. The summed E-state index contributed by atoms with van der Waals surface area (Å²) in [5.41, 5.74) is 3.02. The van der Waals surface area contributed by atoms with Crippen LogP contribution in [-0.2, 0) is 11.3 Å². The highest BCUT2D eigenvalue weighted by Gasteiger charge is 2.25. The molecule has 9 heteroatoms. The van der Waals surface area contributed by atoms with E-state index < -0.39 is 0 Å². The van der Waals surface area contributed by atoms with Gasteiger partial charge in [0.05, 0.1) is 18.6 Å².